The van der Waals surface area contributed by atoms with Crippen molar-refractivity contribution in [3.8, 4) is 5.75 Å². The van der Waals surface area contributed by atoms with Gasteiger partial charge in [-0.2, -0.15) is 8.42 Å². The van der Waals surface area contributed by atoms with E-state index in [4.69, 9.17) is 0 Å². The molecule has 1 heterocycles. The molecule has 0 unspecified atom stereocenters. The van der Waals surface area contributed by atoms with E-state index in [0.717, 1.165) is 46.9 Å². The van der Waals surface area contributed by atoms with Crippen molar-refractivity contribution in [3.63, 3.8) is 0 Å². The van der Waals surface area contributed by atoms with Gasteiger partial charge in [-0.3, -0.25) is 14.4 Å². The minimum absolute atomic E-state index is 0.0258. The Hall–Kier alpha value is -2.82. The van der Waals surface area contributed by atoms with Crippen LogP contribution in [0.3, 0.4) is 0 Å². The fourth-order valence-corrected chi connectivity index (χ4v) is 7.89. The van der Waals surface area contributed by atoms with Gasteiger partial charge in [0.25, 0.3) is 5.91 Å². The smallest absolute Gasteiger partial charge is 0.326 e. The highest BCUT2D eigenvalue weighted by Crippen LogP contribution is 2.60. The molecule has 2 amide bonds. The Morgan fingerprint density at radius 3 is 2.13 bits per heavy atom. The monoisotopic (exact) mass is 549 g/mol. The summed E-state index contributed by atoms with van der Waals surface area (Å²) in [5, 5.41) is 22.2. The molecular formula is C27H39N3O7S. The van der Waals surface area contributed by atoms with E-state index in [2.05, 4.69) is 5.32 Å². The molecule has 10 nitrogen and oxygen atoms in total. The van der Waals surface area contributed by atoms with Gasteiger partial charge >= 0.3 is 16.2 Å². The Labute approximate surface area is 224 Å². The molecule has 0 aromatic heterocycles. The lowest BCUT2D eigenvalue weighted by Crippen LogP contribution is -2.49. The van der Waals surface area contributed by atoms with Crippen LogP contribution in [0, 0.1) is 28.6 Å². The summed E-state index contributed by atoms with van der Waals surface area (Å²) >= 11 is 0. The molecule has 6 rings (SSSR count). The number of anilines is 1. The topological polar surface area (TPSA) is 153 Å². The van der Waals surface area contributed by atoms with E-state index in [9.17, 15) is 33.0 Å². The number of carbonyl (C=O) groups is 3. The van der Waals surface area contributed by atoms with Crippen molar-refractivity contribution in [2.75, 3.05) is 17.4 Å². The van der Waals surface area contributed by atoms with Crippen LogP contribution in [0.4, 0.5) is 5.69 Å². The predicted octanol–water partition coefficient (Wildman–Crippen LogP) is 2.96. The second-order valence-electron chi connectivity index (χ2n) is 12.5. The van der Waals surface area contributed by atoms with E-state index < -0.39 is 27.5 Å². The molecular weight excluding hydrogens is 510 g/mol. The number of rotatable bonds is 6. The molecule has 4 N–H and O–H groups in total. The zero-order valence-corrected chi connectivity index (χ0v) is 23.1. The van der Waals surface area contributed by atoms with Gasteiger partial charge in [-0.15, -0.1) is 0 Å². The quantitative estimate of drug-likeness (QED) is 0.398. The molecule has 0 spiro atoms. The summed E-state index contributed by atoms with van der Waals surface area (Å²) in [4.78, 5) is 34.3. The number of carbonyl (C=O) groups excluding carboxylic acids is 2. The number of nitrogens with one attached hydrogen (secondary N) is 2. The highest BCUT2D eigenvalue weighted by atomic mass is 32.2. The maximum Gasteiger partial charge on any atom is 0.326 e. The molecule has 5 fully saturated rings. The van der Waals surface area contributed by atoms with Gasteiger partial charge in [-0.05, 0) is 86.8 Å². The number of phenols is 1. The minimum atomic E-state index is -3.94. The van der Waals surface area contributed by atoms with Crippen molar-refractivity contribution in [2.45, 2.75) is 72.1 Å². The molecule has 5 aliphatic rings. The SMILES string of the molecule is CC(C)(C)C(=O)NCCCc1ccc(N2CC(=O)NS2(=O)=O)c(O)c1.O=C(O)C12CC3CC(CC(C3)C1)C2. The van der Waals surface area contributed by atoms with Gasteiger partial charge in [0.2, 0.25) is 5.91 Å². The maximum atomic E-state index is 11.8. The summed E-state index contributed by atoms with van der Waals surface area (Å²) in [5.41, 5.74) is 0.145. The number of hydrogen-bond acceptors (Lipinski definition) is 6. The number of benzene rings is 1. The van der Waals surface area contributed by atoms with Gasteiger partial charge in [0.05, 0.1) is 11.1 Å². The van der Waals surface area contributed by atoms with E-state index >= 15 is 0 Å². The lowest BCUT2D eigenvalue weighted by atomic mass is 9.49. The number of phenolic OH excluding ortho intramolecular Hbond substituents is 1. The van der Waals surface area contributed by atoms with Crippen LogP contribution in [0.15, 0.2) is 18.2 Å². The summed E-state index contributed by atoms with van der Waals surface area (Å²) in [6.07, 6.45) is 8.22. The third-order valence-electron chi connectivity index (χ3n) is 8.23. The van der Waals surface area contributed by atoms with Crippen LogP contribution in [-0.2, 0) is 31.0 Å². The van der Waals surface area contributed by atoms with Crippen LogP contribution in [0.1, 0.15) is 71.3 Å². The van der Waals surface area contributed by atoms with E-state index in [0.29, 0.717) is 19.4 Å². The first-order valence-corrected chi connectivity index (χ1v) is 14.8. The number of amides is 2. The Morgan fingerprint density at radius 1 is 1.11 bits per heavy atom. The molecule has 1 aromatic carbocycles. The molecule has 38 heavy (non-hydrogen) atoms. The fraction of sp³-hybridized carbons (Fsp3) is 0.667. The van der Waals surface area contributed by atoms with Gasteiger partial charge in [0.15, 0.2) is 0 Å². The van der Waals surface area contributed by atoms with Gasteiger partial charge < -0.3 is 15.5 Å². The van der Waals surface area contributed by atoms with Crippen molar-refractivity contribution in [2.24, 2.45) is 28.6 Å². The summed E-state index contributed by atoms with van der Waals surface area (Å²) in [6.45, 7) is 5.67. The summed E-state index contributed by atoms with van der Waals surface area (Å²) in [5.74, 6) is 0.870. The van der Waals surface area contributed by atoms with E-state index in [1.54, 1.807) is 6.07 Å². The molecule has 4 bridgehead atoms. The lowest BCUT2D eigenvalue weighted by molar-refractivity contribution is -0.164. The van der Waals surface area contributed by atoms with Gasteiger partial charge in [0.1, 0.15) is 12.3 Å². The Balaban J connectivity index is 0.000000213. The average molecular weight is 550 g/mol. The Bertz CT molecular complexity index is 1170. The van der Waals surface area contributed by atoms with Gasteiger partial charge in [0, 0.05) is 12.0 Å². The number of aliphatic carboxylic acids is 1. The van der Waals surface area contributed by atoms with Crippen LogP contribution in [0.2, 0.25) is 0 Å². The molecule has 1 aliphatic heterocycles. The number of aryl methyl sites for hydroxylation is 1. The summed E-state index contributed by atoms with van der Waals surface area (Å²) < 4.78 is 26.3. The zero-order chi connectivity index (χ0) is 27.9. The highest BCUT2D eigenvalue weighted by molar-refractivity contribution is 7.92. The maximum absolute atomic E-state index is 11.8. The third-order valence-corrected chi connectivity index (χ3v) is 9.62. The molecule has 0 radical (unpaired) electrons. The van der Waals surface area contributed by atoms with Crippen molar-refractivity contribution in [3.05, 3.63) is 23.8 Å². The fourth-order valence-electron chi connectivity index (χ4n) is 6.73. The lowest BCUT2D eigenvalue weighted by Gasteiger charge is -2.54. The van der Waals surface area contributed by atoms with E-state index in [1.807, 2.05) is 25.5 Å². The number of hydrogen-bond donors (Lipinski definition) is 4. The second kappa shape index (κ2) is 10.4. The van der Waals surface area contributed by atoms with Gasteiger partial charge in [-0.25, -0.2) is 9.03 Å². The minimum Gasteiger partial charge on any atom is -0.506 e. The van der Waals surface area contributed by atoms with Gasteiger partial charge in [-0.1, -0.05) is 26.8 Å². The molecule has 4 saturated carbocycles. The number of aromatic hydroxyl groups is 1. The average Bonchev–Trinajstić information content (AvgIpc) is 3.07. The predicted molar refractivity (Wildman–Crippen MR) is 142 cm³/mol. The van der Waals surface area contributed by atoms with Crippen LogP contribution >= 0.6 is 0 Å². The van der Waals surface area contributed by atoms with Crippen LogP contribution in [0.25, 0.3) is 0 Å². The number of carboxylic acid groups (broad SMARTS) is 1. The first-order valence-electron chi connectivity index (χ1n) is 13.4. The van der Waals surface area contributed by atoms with Crippen LogP contribution in [-0.4, -0.2) is 49.5 Å². The molecule has 210 valence electrons. The molecule has 0 atom stereocenters. The van der Waals surface area contributed by atoms with Crippen molar-refractivity contribution < 1.29 is 33.0 Å². The Morgan fingerprint density at radius 2 is 1.68 bits per heavy atom. The number of nitrogens with zero attached hydrogens (tertiary/aromatic N) is 1. The second-order valence-corrected chi connectivity index (χ2v) is 14.1. The summed E-state index contributed by atoms with van der Waals surface area (Å²) in [7, 11) is -3.94. The molecule has 1 aromatic rings. The standard InChI is InChI=1S/C16H23N3O5S.C11H16O2/c1-16(2,3)15(22)17-8-4-5-11-6-7-12(13(20)9-11)19-10-14(21)18-25(19,23)24;12-10(13)11-4-7-1-8(5-11)3-9(2-7)6-11/h6-7,9,20H,4-5,8,10H2,1-3H3,(H,17,22)(H,18,21);7-9H,1-6H2,(H,12,13). The van der Waals surface area contributed by atoms with Crippen LogP contribution < -0.4 is 14.3 Å². The zero-order valence-electron chi connectivity index (χ0n) is 22.3. The van der Waals surface area contributed by atoms with E-state index in [1.165, 1.54) is 31.4 Å². The van der Waals surface area contributed by atoms with Crippen molar-refractivity contribution >= 4 is 33.7 Å². The molecule has 1 saturated heterocycles. The van der Waals surface area contributed by atoms with Crippen LogP contribution in [0.5, 0.6) is 5.75 Å². The highest BCUT2D eigenvalue weighted by Gasteiger charge is 2.54. The molecule has 4 aliphatic carbocycles. The first kappa shape index (κ1) is 28.2. The Kier molecular flexibility index (Phi) is 7.71. The largest absolute Gasteiger partial charge is 0.506 e. The summed E-state index contributed by atoms with van der Waals surface area (Å²) in [6, 6.07) is 4.63. The third kappa shape index (κ3) is 6.08. The normalized spacial score (nSPS) is 28.9. The van der Waals surface area contributed by atoms with E-state index in [-0.39, 0.29) is 29.3 Å². The first-order chi connectivity index (χ1) is 17.7. The molecule has 11 heteroatoms. The van der Waals surface area contributed by atoms with Crippen molar-refractivity contribution in [1.82, 2.24) is 10.0 Å². The number of carboxylic acids is 1. The van der Waals surface area contributed by atoms with Crippen molar-refractivity contribution in [1.29, 1.82) is 0 Å².